The van der Waals surface area contributed by atoms with Crippen LogP contribution < -0.4 is 0 Å². The first-order valence-electron chi connectivity index (χ1n) is 8.19. The molecule has 4 nitrogen and oxygen atoms in total. The van der Waals surface area contributed by atoms with Gasteiger partial charge in [0.1, 0.15) is 12.1 Å². The lowest BCUT2D eigenvalue weighted by Crippen LogP contribution is -2.03. The molecule has 25 heavy (non-hydrogen) atoms. The molecule has 0 aliphatic heterocycles. The van der Waals surface area contributed by atoms with Crippen LogP contribution in [0, 0.1) is 12.7 Å². The SMILES string of the molecule is Cc1nn(C)c2nc(C(C)C)c(/C=C/C=O)c(-c3ccc(F)cc3)c12. The third-order valence-corrected chi connectivity index (χ3v) is 4.23. The number of hydrogen-bond donors (Lipinski definition) is 0. The standard InChI is InChI=1S/C20H20FN3O/c1-12(2)19-16(6-5-11-25)18(14-7-9-15(21)10-8-14)17-13(3)23-24(4)20(17)22-19/h5-12H,1-4H3/b6-5+. The summed E-state index contributed by atoms with van der Waals surface area (Å²) in [4.78, 5) is 15.7. The number of aldehydes is 1. The van der Waals surface area contributed by atoms with Gasteiger partial charge in [-0.2, -0.15) is 5.10 Å². The minimum absolute atomic E-state index is 0.158. The van der Waals surface area contributed by atoms with Gasteiger partial charge in [0.2, 0.25) is 0 Å². The van der Waals surface area contributed by atoms with Gasteiger partial charge in [0.25, 0.3) is 0 Å². The molecule has 2 heterocycles. The fourth-order valence-corrected chi connectivity index (χ4v) is 3.16. The number of pyridine rings is 1. The molecule has 0 N–H and O–H groups in total. The van der Waals surface area contributed by atoms with Gasteiger partial charge < -0.3 is 0 Å². The molecule has 0 aliphatic rings. The summed E-state index contributed by atoms with van der Waals surface area (Å²) in [7, 11) is 1.86. The molecule has 2 aromatic heterocycles. The first-order chi connectivity index (χ1) is 11.9. The first-order valence-corrected chi connectivity index (χ1v) is 8.19. The Kier molecular flexibility index (Phi) is 4.49. The topological polar surface area (TPSA) is 47.8 Å². The highest BCUT2D eigenvalue weighted by Crippen LogP contribution is 2.37. The van der Waals surface area contributed by atoms with Crippen molar-refractivity contribution in [1.29, 1.82) is 0 Å². The van der Waals surface area contributed by atoms with E-state index in [4.69, 9.17) is 4.98 Å². The third-order valence-electron chi connectivity index (χ3n) is 4.23. The fourth-order valence-electron chi connectivity index (χ4n) is 3.16. The molecule has 1 aromatic carbocycles. The number of rotatable bonds is 4. The monoisotopic (exact) mass is 337 g/mol. The zero-order chi connectivity index (χ0) is 18.1. The number of carbonyl (C=O) groups excluding carboxylic acids is 1. The van der Waals surface area contributed by atoms with Gasteiger partial charge in [-0.1, -0.05) is 26.0 Å². The van der Waals surface area contributed by atoms with Gasteiger partial charge in [-0.3, -0.25) is 9.48 Å². The van der Waals surface area contributed by atoms with Crippen molar-refractivity contribution >= 4 is 23.4 Å². The van der Waals surface area contributed by atoms with Gasteiger partial charge in [-0.05, 0) is 42.7 Å². The minimum Gasteiger partial charge on any atom is -0.299 e. The summed E-state index contributed by atoms with van der Waals surface area (Å²) < 4.78 is 15.2. The number of hydrogen-bond acceptors (Lipinski definition) is 3. The van der Waals surface area contributed by atoms with Crippen LogP contribution in [-0.4, -0.2) is 21.1 Å². The maximum absolute atomic E-state index is 13.4. The van der Waals surface area contributed by atoms with E-state index in [1.54, 1.807) is 22.9 Å². The van der Waals surface area contributed by atoms with Gasteiger partial charge in [-0.25, -0.2) is 9.37 Å². The number of halogens is 1. The van der Waals surface area contributed by atoms with Crippen molar-refractivity contribution in [2.45, 2.75) is 26.7 Å². The number of nitrogens with zero attached hydrogens (tertiary/aromatic N) is 3. The number of benzene rings is 1. The van der Waals surface area contributed by atoms with Crippen LogP contribution in [0.5, 0.6) is 0 Å². The lowest BCUT2D eigenvalue weighted by atomic mass is 9.91. The molecule has 3 rings (SSSR count). The van der Waals surface area contributed by atoms with Crippen molar-refractivity contribution in [3.8, 4) is 11.1 Å². The lowest BCUT2D eigenvalue weighted by molar-refractivity contribution is -0.104. The predicted molar refractivity (Wildman–Crippen MR) is 97.8 cm³/mol. The highest BCUT2D eigenvalue weighted by atomic mass is 19.1. The highest BCUT2D eigenvalue weighted by molar-refractivity contribution is 6.00. The summed E-state index contributed by atoms with van der Waals surface area (Å²) in [5.41, 5.74) is 5.18. The number of allylic oxidation sites excluding steroid dienone is 1. The average Bonchev–Trinajstić information content (AvgIpc) is 2.86. The van der Waals surface area contributed by atoms with Crippen molar-refractivity contribution in [3.63, 3.8) is 0 Å². The second-order valence-corrected chi connectivity index (χ2v) is 6.35. The molecule has 3 aromatic rings. The van der Waals surface area contributed by atoms with Crippen LogP contribution in [0.1, 0.15) is 36.7 Å². The molecule has 128 valence electrons. The van der Waals surface area contributed by atoms with E-state index in [1.807, 2.05) is 14.0 Å². The van der Waals surface area contributed by atoms with Crippen LogP contribution in [-0.2, 0) is 11.8 Å². The minimum atomic E-state index is -0.286. The Bertz CT molecular complexity index is 969. The molecule has 5 heteroatoms. The van der Waals surface area contributed by atoms with E-state index >= 15 is 0 Å². The summed E-state index contributed by atoms with van der Waals surface area (Å²) in [6.45, 7) is 6.05. The van der Waals surface area contributed by atoms with Crippen molar-refractivity contribution in [2.24, 2.45) is 7.05 Å². The normalized spacial score (nSPS) is 11.8. The molecule has 0 saturated heterocycles. The average molecular weight is 337 g/mol. The molecule has 0 amide bonds. The smallest absolute Gasteiger partial charge is 0.158 e. The zero-order valence-corrected chi connectivity index (χ0v) is 14.7. The fraction of sp³-hybridized carbons (Fsp3) is 0.250. The Morgan fingerprint density at radius 1 is 1.20 bits per heavy atom. The Hall–Kier alpha value is -2.82. The number of carbonyl (C=O) groups is 1. The summed E-state index contributed by atoms with van der Waals surface area (Å²) in [5.74, 6) is -0.129. The molecular formula is C20H20FN3O. The van der Waals surface area contributed by atoms with E-state index in [-0.39, 0.29) is 11.7 Å². The molecule has 0 unspecified atom stereocenters. The van der Waals surface area contributed by atoms with E-state index in [2.05, 4.69) is 18.9 Å². The number of aryl methyl sites for hydroxylation is 2. The maximum Gasteiger partial charge on any atom is 0.158 e. The van der Waals surface area contributed by atoms with Crippen molar-refractivity contribution in [1.82, 2.24) is 14.8 Å². The zero-order valence-electron chi connectivity index (χ0n) is 14.7. The highest BCUT2D eigenvalue weighted by Gasteiger charge is 2.21. The first kappa shape index (κ1) is 17.0. The van der Waals surface area contributed by atoms with Crippen LogP contribution in [0.15, 0.2) is 30.3 Å². The Morgan fingerprint density at radius 2 is 1.88 bits per heavy atom. The predicted octanol–water partition coefficient (Wildman–Crippen LogP) is 4.42. The molecular weight excluding hydrogens is 317 g/mol. The lowest BCUT2D eigenvalue weighted by Gasteiger charge is -2.16. The summed E-state index contributed by atoms with van der Waals surface area (Å²) >= 11 is 0. The molecule has 0 spiro atoms. The van der Waals surface area contributed by atoms with Gasteiger partial charge in [0.15, 0.2) is 5.65 Å². The molecule has 0 radical (unpaired) electrons. The Labute approximate surface area is 146 Å². The number of aromatic nitrogens is 3. The van der Waals surface area contributed by atoms with Crippen LogP contribution in [0.4, 0.5) is 4.39 Å². The van der Waals surface area contributed by atoms with Crippen molar-refractivity contribution in [3.05, 3.63) is 53.1 Å². The quantitative estimate of drug-likeness (QED) is 0.523. The molecule has 0 atom stereocenters. The van der Waals surface area contributed by atoms with Crippen LogP contribution in [0.2, 0.25) is 0 Å². The van der Waals surface area contributed by atoms with Gasteiger partial charge >= 0.3 is 0 Å². The summed E-state index contributed by atoms with van der Waals surface area (Å²) in [6, 6.07) is 6.38. The van der Waals surface area contributed by atoms with E-state index in [0.717, 1.165) is 45.4 Å². The number of fused-ring (bicyclic) bond motifs is 1. The summed E-state index contributed by atoms with van der Waals surface area (Å²) in [5, 5.41) is 5.42. The van der Waals surface area contributed by atoms with Crippen molar-refractivity contribution < 1.29 is 9.18 Å². The maximum atomic E-state index is 13.4. The van der Waals surface area contributed by atoms with Gasteiger partial charge in [0.05, 0.1) is 16.8 Å². The third kappa shape index (κ3) is 2.97. The second kappa shape index (κ2) is 6.59. The van der Waals surface area contributed by atoms with E-state index < -0.39 is 0 Å². The van der Waals surface area contributed by atoms with E-state index in [0.29, 0.717) is 0 Å². The van der Waals surface area contributed by atoms with Crippen molar-refractivity contribution in [2.75, 3.05) is 0 Å². The Balaban J connectivity index is 2.49. The Morgan fingerprint density at radius 3 is 2.48 bits per heavy atom. The molecule has 0 saturated carbocycles. The largest absolute Gasteiger partial charge is 0.299 e. The van der Waals surface area contributed by atoms with Crippen LogP contribution >= 0.6 is 0 Å². The van der Waals surface area contributed by atoms with E-state index in [1.165, 1.54) is 18.2 Å². The van der Waals surface area contributed by atoms with Gasteiger partial charge in [-0.15, -0.1) is 0 Å². The summed E-state index contributed by atoms with van der Waals surface area (Å²) in [6.07, 6.45) is 3.99. The molecule has 0 bridgehead atoms. The van der Waals surface area contributed by atoms with Gasteiger partial charge in [0, 0.05) is 18.2 Å². The van der Waals surface area contributed by atoms with Crippen LogP contribution in [0.25, 0.3) is 28.2 Å². The molecule has 0 aliphatic carbocycles. The molecule has 0 fully saturated rings. The van der Waals surface area contributed by atoms with E-state index in [9.17, 15) is 9.18 Å². The van der Waals surface area contributed by atoms with Crippen LogP contribution in [0.3, 0.4) is 0 Å². The second-order valence-electron chi connectivity index (χ2n) is 6.35.